The SMILES string of the molecule is CCCCOC(=O)C1=C(C)Nc2nnnn2C1c1ccccc1OCc1ccccc1. The summed E-state index contributed by atoms with van der Waals surface area (Å²) in [7, 11) is 0. The molecule has 1 aromatic heterocycles. The molecule has 1 atom stereocenters. The Morgan fingerprint density at radius 2 is 1.90 bits per heavy atom. The van der Waals surface area contributed by atoms with Crippen molar-refractivity contribution in [3.63, 3.8) is 0 Å². The molecular weight excluding hydrogens is 394 g/mol. The van der Waals surface area contributed by atoms with E-state index in [9.17, 15) is 4.79 Å². The van der Waals surface area contributed by atoms with E-state index >= 15 is 0 Å². The summed E-state index contributed by atoms with van der Waals surface area (Å²) < 4.78 is 13.3. The number of hydrogen-bond donors (Lipinski definition) is 1. The van der Waals surface area contributed by atoms with Crippen LogP contribution in [0.25, 0.3) is 0 Å². The number of anilines is 1. The van der Waals surface area contributed by atoms with Gasteiger partial charge in [0.2, 0.25) is 5.95 Å². The minimum absolute atomic E-state index is 0.369. The molecule has 0 saturated carbocycles. The summed E-state index contributed by atoms with van der Waals surface area (Å²) in [4.78, 5) is 13.0. The zero-order chi connectivity index (χ0) is 21.6. The number of fused-ring (bicyclic) bond motifs is 1. The molecule has 8 heteroatoms. The van der Waals surface area contributed by atoms with Gasteiger partial charge in [-0.1, -0.05) is 67.0 Å². The van der Waals surface area contributed by atoms with Crippen molar-refractivity contribution in [3.05, 3.63) is 77.0 Å². The zero-order valence-electron chi connectivity index (χ0n) is 17.6. The van der Waals surface area contributed by atoms with E-state index in [-0.39, 0.29) is 5.97 Å². The average Bonchev–Trinajstić information content (AvgIpc) is 3.26. The Kier molecular flexibility index (Phi) is 6.26. The summed E-state index contributed by atoms with van der Waals surface area (Å²) in [5.74, 6) is 0.735. The summed E-state index contributed by atoms with van der Waals surface area (Å²) in [5.41, 5.74) is 2.96. The third kappa shape index (κ3) is 4.42. The number of allylic oxidation sites excluding steroid dienone is 1. The normalized spacial score (nSPS) is 15.2. The molecule has 1 aliphatic rings. The van der Waals surface area contributed by atoms with Crippen LogP contribution in [0.15, 0.2) is 65.9 Å². The van der Waals surface area contributed by atoms with Crippen molar-refractivity contribution < 1.29 is 14.3 Å². The molecule has 0 amide bonds. The molecule has 3 aromatic rings. The van der Waals surface area contributed by atoms with Crippen molar-refractivity contribution in [2.24, 2.45) is 0 Å². The number of nitrogens with zero attached hydrogens (tertiary/aromatic N) is 4. The van der Waals surface area contributed by atoms with Gasteiger partial charge in [-0.05, 0) is 35.4 Å². The van der Waals surface area contributed by atoms with Gasteiger partial charge in [-0.15, -0.1) is 0 Å². The summed E-state index contributed by atoms with van der Waals surface area (Å²) >= 11 is 0. The van der Waals surface area contributed by atoms with Crippen LogP contribution in [0, 0.1) is 0 Å². The maximum Gasteiger partial charge on any atom is 0.338 e. The minimum atomic E-state index is -0.563. The standard InChI is InChI=1S/C23H25N5O3/c1-3-4-14-30-22(29)20-16(2)24-23-25-26-27-28(23)21(20)18-12-8-9-13-19(18)31-15-17-10-6-5-7-11-17/h5-13,21H,3-4,14-15H2,1-2H3,(H,24,25,27). The highest BCUT2D eigenvalue weighted by atomic mass is 16.5. The Labute approximate surface area is 180 Å². The lowest BCUT2D eigenvalue weighted by molar-refractivity contribution is -0.139. The van der Waals surface area contributed by atoms with Crippen LogP contribution in [-0.4, -0.2) is 32.8 Å². The summed E-state index contributed by atoms with van der Waals surface area (Å²) in [6.45, 7) is 4.66. The van der Waals surface area contributed by atoms with Crippen molar-refractivity contribution in [1.82, 2.24) is 20.2 Å². The van der Waals surface area contributed by atoms with Crippen LogP contribution < -0.4 is 10.1 Å². The van der Waals surface area contributed by atoms with Crippen molar-refractivity contribution in [3.8, 4) is 5.75 Å². The van der Waals surface area contributed by atoms with Crippen LogP contribution >= 0.6 is 0 Å². The van der Waals surface area contributed by atoms with Crippen LogP contribution in [0.4, 0.5) is 5.95 Å². The fourth-order valence-electron chi connectivity index (χ4n) is 3.52. The van der Waals surface area contributed by atoms with Gasteiger partial charge in [0, 0.05) is 11.3 Å². The van der Waals surface area contributed by atoms with Crippen LogP contribution in [-0.2, 0) is 16.1 Å². The van der Waals surface area contributed by atoms with E-state index in [0.717, 1.165) is 24.0 Å². The van der Waals surface area contributed by atoms with E-state index in [1.54, 1.807) is 4.68 Å². The molecule has 31 heavy (non-hydrogen) atoms. The van der Waals surface area contributed by atoms with Crippen LogP contribution in [0.1, 0.15) is 43.9 Å². The van der Waals surface area contributed by atoms with Crippen molar-refractivity contribution in [1.29, 1.82) is 0 Å². The molecule has 0 aliphatic carbocycles. The Morgan fingerprint density at radius 3 is 2.71 bits per heavy atom. The van der Waals surface area contributed by atoms with E-state index in [1.165, 1.54) is 0 Å². The lowest BCUT2D eigenvalue weighted by atomic mass is 9.95. The molecule has 1 N–H and O–H groups in total. The Bertz CT molecular complexity index is 1080. The number of rotatable bonds is 8. The zero-order valence-corrected chi connectivity index (χ0v) is 17.6. The Hall–Kier alpha value is -3.68. The van der Waals surface area contributed by atoms with Gasteiger partial charge in [0.05, 0.1) is 12.2 Å². The second-order valence-electron chi connectivity index (χ2n) is 7.31. The van der Waals surface area contributed by atoms with Gasteiger partial charge in [-0.25, -0.2) is 4.79 Å². The number of carbonyl (C=O) groups is 1. The van der Waals surface area contributed by atoms with E-state index in [0.29, 0.717) is 36.2 Å². The molecule has 0 bridgehead atoms. The average molecular weight is 419 g/mol. The van der Waals surface area contributed by atoms with Gasteiger partial charge in [0.15, 0.2) is 0 Å². The number of ether oxygens (including phenoxy) is 2. The van der Waals surface area contributed by atoms with E-state index in [4.69, 9.17) is 9.47 Å². The lowest BCUT2D eigenvalue weighted by Gasteiger charge is -2.28. The monoisotopic (exact) mass is 419 g/mol. The molecular formula is C23H25N5O3. The summed E-state index contributed by atoms with van der Waals surface area (Å²) in [6.07, 6.45) is 1.75. The molecule has 4 rings (SSSR count). The number of unbranched alkanes of at least 4 members (excludes halogenated alkanes) is 1. The Balaban J connectivity index is 1.69. The fourth-order valence-corrected chi connectivity index (χ4v) is 3.52. The highest BCUT2D eigenvalue weighted by Gasteiger charge is 2.36. The number of esters is 1. The fraction of sp³-hybridized carbons (Fsp3) is 0.304. The first kappa shape index (κ1) is 20.6. The third-order valence-electron chi connectivity index (χ3n) is 5.12. The van der Waals surface area contributed by atoms with Crippen molar-refractivity contribution in [2.75, 3.05) is 11.9 Å². The number of tetrazole rings is 1. The van der Waals surface area contributed by atoms with Crippen LogP contribution in [0.5, 0.6) is 5.75 Å². The van der Waals surface area contributed by atoms with Crippen LogP contribution in [0.3, 0.4) is 0 Å². The quantitative estimate of drug-likeness (QED) is 0.437. The molecule has 0 saturated heterocycles. The predicted molar refractivity (Wildman–Crippen MR) is 115 cm³/mol. The van der Waals surface area contributed by atoms with Gasteiger partial charge in [-0.3, -0.25) is 0 Å². The largest absolute Gasteiger partial charge is 0.489 e. The molecule has 0 fully saturated rings. The maximum absolute atomic E-state index is 13.0. The van der Waals surface area contributed by atoms with Gasteiger partial charge in [0.25, 0.3) is 0 Å². The lowest BCUT2D eigenvalue weighted by Crippen LogP contribution is -2.30. The molecule has 160 valence electrons. The second-order valence-corrected chi connectivity index (χ2v) is 7.31. The van der Waals surface area contributed by atoms with Crippen LogP contribution in [0.2, 0.25) is 0 Å². The summed E-state index contributed by atoms with van der Waals surface area (Å²) in [5, 5.41) is 15.1. The number of nitrogens with one attached hydrogen (secondary N) is 1. The van der Waals surface area contributed by atoms with Gasteiger partial charge in [0.1, 0.15) is 18.4 Å². The number of benzene rings is 2. The smallest absolute Gasteiger partial charge is 0.338 e. The predicted octanol–water partition coefficient (Wildman–Crippen LogP) is 3.88. The molecule has 2 aromatic carbocycles. The first-order valence-electron chi connectivity index (χ1n) is 10.4. The third-order valence-corrected chi connectivity index (χ3v) is 5.12. The van der Waals surface area contributed by atoms with E-state index in [2.05, 4.69) is 27.8 Å². The molecule has 2 heterocycles. The molecule has 0 radical (unpaired) electrons. The number of carbonyl (C=O) groups excluding carboxylic acids is 1. The molecule has 1 unspecified atom stereocenters. The first-order valence-corrected chi connectivity index (χ1v) is 10.4. The van der Waals surface area contributed by atoms with E-state index in [1.807, 2.05) is 61.5 Å². The van der Waals surface area contributed by atoms with E-state index < -0.39 is 6.04 Å². The van der Waals surface area contributed by atoms with Gasteiger partial charge < -0.3 is 14.8 Å². The number of hydrogen-bond acceptors (Lipinski definition) is 7. The molecule has 0 spiro atoms. The highest BCUT2D eigenvalue weighted by molar-refractivity contribution is 5.92. The van der Waals surface area contributed by atoms with Crippen molar-refractivity contribution in [2.45, 2.75) is 39.3 Å². The Morgan fingerprint density at radius 1 is 1.13 bits per heavy atom. The van der Waals surface area contributed by atoms with Gasteiger partial charge >= 0.3 is 5.97 Å². The number of aromatic nitrogens is 4. The topological polar surface area (TPSA) is 91.2 Å². The highest BCUT2D eigenvalue weighted by Crippen LogP contribution is 2.39. The maximum atomic E-state index is 13.0. The number of para-hydroxylation sites is 1. The minimum Gasteiger partial charge on any atom is -0.489 e. The molecule has 8 nitrogen and oxygen atoms in total. The van der Waals surface area contributed by atoms with Gasteiger partial charge in [-0.2, -0.15) is 4.68 Å². The summed E-state index contributed by atoms with van der Waals surface area (Å²) in [6, 6.07) is 17.0. The van der Waals surface area contributed by atoms with Crippen molar-refractivity contribution >= 4 is 11.9 Å². The second kappa shape index (κ2) is 9.42. The molecule has 1 aliphatic heterocycles. The first-order chi connectivity index (χ1) is 15.2.